The maximum Gasteiger partial charge on any atom is 0.145 e. The van der Waals surface area contributed by atoms with Crippen LogP contribution >= 0.6 is 0 Å². The zero-order valence-electron chi connectivity index (χ0n) is 10.6. The summed E-state index contributed by atoms with van der Waals surface area (Å²) in [5.41, 5.74) is 0.965. The molecule has 0 unspecified atom stereocenters. The molecule has 0 radical (unpaired) electrons. The zero-order chi connectivity index (χ0) is 12.4. The predicted octanol–water partition coefficient (Wildman–Crippen LogP) is 2.75. The molecule has 0 saturated heterocycles. The van der Waals surface area contributed by atoms with Gasteiger partial charge in [0.15, 0.2) is 0 Å². The summed E-state index contributed by atoms with van der Waals surface area (Å²) in [4.78, 5) is 4.41. The van der Waals surface area contributed by atoms with Crippen molar-refractivity contribution in [2.24, 2.45) is 0 Å². The summed E-state index contributed by atoms with van der Waals surface area (Å²) in [6.45, 7) is 3.18. The van der Waals surface area contributed by atoms with E-state index in [0.717, 1.165) is 36.0 Å². The van der Waals surface area contributed by atoms with Gasteiger partial charge in [0.05, 0.1) is 0 Å². The van der Waals surface area contributed by atoms with Gasteiger partial charge in [0.25, 0.3) is 0 Å². The minimum atomic E-state index is 0.335. The van der Waals surface area contributed by atoms with Crippen LogP contribution in [-0.2, 0) is 0 Å². The van der Waals surface area contributed by atoms with Crippen molar-refractivity contribution in [2.45, 2.75) is 31.9 Å². The van der Waals surface area contributed by atoms with Crippen LogP contribution in [0.15, 0.2) is 36.5 Å². The van der Waals surface area contributed by atoms with Gasteiger partial charge >= 0.3 is 0 Å². The highest BCUT2D eigenvalue weighted by Crippen LogP contribution is 2.29. The third-order valence-corrected chi connectivity index (χ3v) is 3.48. The average molecular weight is 242 g/mol. The van der Waals surface area contributed by atoms with Crippen LogP contribution in [0, 0.1) is 0 Å². The van der Waals surface area contributed by atoms with E-state index in [1.54, 1.807) is 0 Å². The molecule has 2 aromatic rings. The van der Waals surface area contributed by atoms with Crippen molar-refractivity contribution < 1.29 is 4.74 Å². The summed E-state index contributed by atoms with van der Waals surface area (Å²) in [6.07, 6.45) is 4.34. The van der Waals surface area contributed by atoms with Gasteiger partial charge in [-0.3, -0.25) is 4.98 Å². The van der Waals surface area contributed by atoms with E-state index in [2.05, 4.69) is 29.4 Å². The van der Waals surface area contributed by atoms with Crippen LogP contribution in [0.5, 0.6) is 5.75 Å². The first-order valence-corrected chi connectivity index (χ1v) is 6.60. The van der Waals surface area contributed by atoms with Gasteiger partial charge < -0.3 is 10.1 Å². The molecule has 1 N–H and O–H groups in total. The summed E-state index contributed by atoms with van der Waals surface area (Å²) in [5.74, 6) is 0.910. The van der Waals surface area contributed by atoms with E-state index in [1.165, 1.54) is 0 Å². The van der Waals surface area contributed by atoms with Crippen LogP contribution in [0.25, 0.3) is 10.9 Å². The third-order valence-electron chi connectivity index (χ3n) is 3.48. The lowest BCUT2D eigenvalue weighted by atomic mass is 9.89. The molecular formula is C15H18N2O. The number of nitrogens with one attached hydrogen (secondary N) is 1. The molecule has 1 aromatic carbocycles. The smallest absolute Gasteiger partial charge is 0.145 e. The largest absolute Gasteiger partial charge is 0.488 e. The quantitative estimate of drug-likeness (QED) is 0.895. The van der Waals surface area contributed by atoms with Crippen molar-refractivity contribution in [1.29, 1.82) is 0 Å². The number of nitrogens with zero attached hydrogens (tertiary/aromatic N) is 1. The number of hydrogen-bond acceptors (Lipinski definition) is 3. The molecule has 0 amide bonds. The number of fused-ring (bicyclic) bond motifs is 1. The Kier molecular flexibility index (Phi) is 3.15. The van der Waals surface area contributed by atoms with Crippen LogP contribution in [0.3, 0.4) is 0 Å². The van der Waals surface area contributed by atoms with Crippen molar-refractivity contribution in [2.75, 3.05) is 6.54 Å². The van der Waals surface area contributed by atoms with Gasteiger partial charge in [-0.25, -0.2) is 0 Å². The van der Waals surface area contributed by atoms with Crippen molar-refractivity contribution in [3.63, 3.8) is 0 Å². The van der Waals surface area contributed by atoms with Gasteiger partial charge in [-0.2, -0.15) is 0 Å². The monoisotopic (exact) mass is 242 g/mol. The van der Waals surface area contributed by atoms with E-state index in [-0.39, 0.29) is 0 Å². The Morgan fingerprint density at radius 3 is 2.94 bits per heavy atom. The number of ether oxygens (including phenoxy) is 1. The molecular weight excluding hydrogens is 224 g/mol. The molecule has 1 aromatic heterocycles. The van der Waals surface area contributed by atoms with Gasteiger partial charge in [0.2, 0.25) is 0 Å². The minimum Gasteiger partial charge on any atom is -0.488 e. The molecule has 1 heterocycles. The van der Waals surface area contributed by atoms with Gasteiger partial charge in [-0.15, -0.1) is 0 Å². The van der Waals surface area contributed by atoms with E-state index in [9.17, 15) is 0 Å². The SMILES string of the molecule is CCNC1CC(Oc2cccc3cccnc23)C1. The third kappa shape index (κ3) is 2.18. The zero-order valence-corrected chi connectivity index (χ0v) is 10.6. The molecule has 18 heavy (non-hydrogen) atoms. The Labute approximate surface area is 107 Å². The second-order valence-electron chi connectivity index (χ2n) is 4.80. The molecule has 1 aliphatic carbocycles. The molecule has 94 valence electrons. The molecule has 0 spiro atoms. The van der Waals surface area contributed by atoms with Crippen molar-refractivity contribution in [3.05, 3.63) is 36.5 Å². The second-order valence-corrected chi connectivity index (χ2v) is 4.80. The Morgan fingerprint density at radius 2 is 2.11 bits per heavy atom. The number of pyridine rings is 1. The number of hydrogen-bond donors (Lipinski definition) is 1. The van der Waals surface area contributed by atoms with Crippen molar-refractivity contribution >= 4 is 10.9 Å². The molecule has 0 bridgehead atoms. The first-order chi connectivity index (χ1) is 8.86. The highest BCUT2D eigenvalue weighted by atomic mass is 16.5. The molecule has 3 rings (SSSR count). The first-order valence-electron chi connectivity index (χ1n) is 6.60. The van der Waals surface area contributed by atoms with Crippen LogP contribution in [-0.4, -0.2) is 23.7 Å². The predicted molar refractivity (Wildman–Crippen MR) is 72.9 cm³/mol. The summed E-state index contributed by atoms with van der Waals surface area (Å²) >= 11 is 0. The Balaban J connectivity index is 1.72. The Hall–Kier alpha value is -1.61. The number of benzene rings is 1. The van der Waals surface area contributed by atoms with Gasteiger partial charge in [-0.1, -0.05) is 25.1 Å². The lowest BCUT2D eigenvalue weighted by molar-refractivity contribution is 0.0872. The van der Waals surface area contributed by atoms with E-state index >= 15 is 0 Å². The molecule has 1 saturated carbocycles. The fourth-order valence-corrected chi connectivity index (χ4v) is 2.47. The number of aromatic nitrogens is 1. The summed E-state index contributed by atoms with van der Waals surface area (Å²) < 4.78 is 6.04. The molecule has 1 aliphatic rings. The van der Waals surface area contributed by atoms with Crippen LogP contribution < -0.4 is 10.1 Å². The van der Waals surface area contributed by atoms with Crippen LogP contribution in [0.2, 0.25) is 0 Å². The van der Waals surface area contributed by atoms with Gasteiger partial charge in [0, 0.05) is 17.6 Å². The number of rotatable bonds is 4. The molecule has 0 atom stereocenters. The first kappa shape index (κ1) is 11.5. The highest BCUT2D eigenvalue weighted by Gasteiger charge is 2.30. The van der Waals surface area contributed by atoms with Crippen LogP contribution in [0.4, 0.5) is 0 Å². The van der Waals surface area contributed by atoms with Crippen molar-refractivity contribution in [3.8, 4) is 5.75 Å². The van der Waals surface area contributed by atoms with E-state index < -0.39 is 0 Å². The van der Waals surface area contributed by atoms with Gasteiger partial charge in [0.1, 0.15) is 17.4 Å². The number of para-hydroxylation sites is 1. The van der Waals surface area contributed by atoms with Crippen molar-refractivity contribution in [1.82, 2.24) is 10.3 Å². The molecule has 3 nitrogen and oxygen atoms in total. The second kappa shape index (κ2) is 4.94. The lowest BCUT2D eigenvalue weighted by Crippen LogP contribution is -2.46. The molecule has 1 fully saturated rings. The fourth-order valence-electron chi connectivity index (χ4n) is 2.47. The Bertz CT molecular complexity index is 530. The molecule has 0 aliphatic heterocycles. The van der Waals surface area contributed by atoms with E-state index in [4.69, 9.17) is 4.74 Å². The standard InChI is InChI=1S/C15H18N2O/c1-2-16-12-9-13(10-12)18-14-7-3-5-11-6-4-8-17-15(11)14/h3-8,12-13,16H,2,9-10H2,1H3. The summed E-state index contributed by atoms with van der Waals surface area (Å²) in [5, 5.41) is 4.58. The van der Waals surface area contributed by atoms with E-state index in [0.29, 0.717) is 12.1 Å². The minimum absolute atomic E-state index is 0.335. The van der Waals surface area contributed by atoms with E-state index in [1.807, 2.05) is 24.4 Å². The average Bonchev–Trinajstić information content (AvgIpc) is 2.37. The van der Waals surface area contributed by atoms with Crippen LogP contribution in [0.1, 0.15) is 19.8 Å². The van der Waals surface area contributed by atoms with Gasteiger partial charge in [-0.05, 0) is 31.5 Å². The lowest BCUT2D eigenvalue weighted by Gasteiger charge is -2.35. The fraction of sp³-hybridized carbons (Fsp3) is 0.400. The Morgan fingerprint density at radius 1 is 1.28 bits per heavy atom. The highest BCUT2D eigenvalue weighted by molar-refractivity contribution is 5.84. The topological polar surface area (TPSA) is 34.1 Å². The normalized spacial score (nSPS) is 22.7. The maximum absolute atomic E-state index is 6.04. The molecule has 3 heteroatoms. The summed E-state index contributed by atoms with van der Waals surface area (Å²) in [7, 11) is 0. The maximum atomic E-state index is 6.04. The summed E-state index contributed by atoms with van der Waals surface area (Å²) in [6, 6.07) is 10.8.